The van der Waals surface area contributed by atoms with Crippen LogP contribution in [0, 0.1) is 17.1 Å². The van der Waals surface area contributed by atoms with Crippen molar-refractivity contribution in [1.82, 2.24) is 4.98 Å². The molecule has 3 aromatic rings. The van der Waals surface area contributed by atoms with E-state index in [0.717, 1.165) is 17.7 Å². The molecule has 2 aromatic carbocycles. The zero-order valence-corrected chi connectivity index (χ0v) is 17.9. The second-order valence-electron chi connectivity index (χ2n) is 7.58. The Bertz CT molecular complexity index is 1040. The van der Waals surface area contributed by atoms with Gasteiger partial charge in [-0.15, -0.1) is 0 Å². The first-order valence-electron chi connectivity index (χ1n) is 10.8. The first kappa shape index (κ1) is 22.3. The molecule has 3 rings (SSSR count). The highest BCUT2D eigenvalue weighted by Gasteiger charge is 2.14. The van der Waals surface area contributed by atoms with Crippen LogP contribution in [0.25, 0.3) is 22.4 Å². The highest BCUT2D eigenvalue weighted by atomic mass is 19.1. The summed E-state index contributed by atoms with van der Waals surface area (Å²) in [7, 11) is 0. The summed E-state index contributed by atoms with van der Waals surface area (Å²) < 4.78 is 19.5. The predicted molar refractivity (Wildman–Crippen MR) is 123 cm³/mol. The van der Waals surface area contributed by atoms with Crippen LogP contribution in [0.5, 0.6) is 5.75 Å². The van der Waals surface area contributed by atoms with E-state index in [9.17, 15) is 9.65 Å². The Morgan fingerprint density at radius 2 is 1.71 bits per heavy atom. The van der Waals surface area contributed by atoms with Gasteiger partial charge in [-0.25, -0.2) is 9.37 Å². The van der Waals surface area contributed by atoms with Gasteiger partial charge in [-0.1, -0.05) is 63.3 Å². The number of hydrogen-bond donors (Lipinski definition) is 1. The molecule has 160 valence electrons. The van der Waals surface area contributed by atoms with E-state index in [-0.39, 0.29) is 11.6 Å². The summed E-state index contributed by atoms with van der Waals surface area (Å²) in [6.07, 6.45) is 7.32. The molecule has 0 saturated heterocycles. The minimum absolute atomic E-state index is 0.127. The second kappa shape index (κ2) is 11.1. The van der Waals surface area contributed by atoms with E-state index >= 15 is 0 Å². The Kier molecular flexibility index (Phi) is 8.00. The summed E-state index contributed by atoms with van der Waals surface area (Å²) in [5.74, 6) is 0.571. The number of halogens is 1. The van der Waals surface area contributed by atoms with Gasteiger partial charge in [-0.2, -0.15) is 5.26 Å². The molecule has 0 fully saturated rings. The van der Waals surface area contributed by atoms with Gasteiger partial charge >= 0.3 is 0 Å². The highest BCUT2D eigenvalue weighted by molar-refractivity contribution is 5.80. The number of unbranched alkanes of at least 4 members (excludes halogenated alkanes) is 5. The maximum atomic E-state index is 13.6. The number of rotatable bonds is 10. The summed E-state index contributed by atoms with van der Waals surface area (Å²) >= 11 is 0. The molecule has 0 aliphatic heterocycles. The Morgan fingerprint density at radius 1 is 0.968 bits per heavy atom. The number of nitrogens with two attached hydrogens (primary N) is 1. The standard InChI is InChI=1S/C26H28FN3O/c1-2-3-4-5-6-7-15-31-22-13-11-19(12-14-22)23-17-25(30-26(29)24(23)18-28)20-9-8-10-21(27)16-20/h8-14,16-17H,2-7,15H2,1H3,(H2,29,30). The van der Waals surface area contributed by atoms with Gasteiger partial charge in [0.15, 0.2) is 0 Å². The quantitative estimate of drug-likeness (QED) is 0.370. The zero-order valence-electron chi connectivity index (χ0n) is 17.9. The predicted octanol–water partition coefficient (Wildman–Crippen LogP) is 6.75. The van der Waals surface area contributed by atoms with E-state index < -0.39 is 0 Å². The molecule has 0 saturated carbocycles. The third-order valence-corrected chi connectivity index (χ3v) is 5.21. The SMILES string of the molecule is CCCCCCCCOc1ccc(-c2cc(-c3cccc(F)c3)nc(N)c2C#N)cc1. The third-order valence-electron chi connectivity index (χ3n) is 5.21. The van der Waals surface area contributed by atoms with Crippen molar-refractivity contribution in [2.24, 2.45) is 0 Å². The summed E-state index contributed by atoms with van der Waals surface area (Å²) in [6.45, 7) is 2.91. The summed E-state index contributed by atoms with van der Waals surface area (Å²) in [6, 6.07) is 17.7. The smallest absolute Gasteiger partial charge is 0.142 e. The van der Waals surface area contributed by atoms with Crippen molar-refractivity contribution in [3.63, 3.8) is 0 Å². The van der Waals surface area contributed by atoms with Gasteiger partial charge in [-0.05, 0) is 42.3 Å². The van der Waals surface area contributed by atoms with Gasteiger partial charge in [0, 0.05) is 11.1 Å². The van der Waals surface area contributed by atoms with Crippen molar-refractivity contribution in [3.05, 3.63) is 66.0 Å². The van der Waals surface area contributed by atoms with Gasteiger partial charge in [0.2, 0.25) is 0 Å². The monoisotopic (exact) mass is 417 g/mol. The van der Waals surface area contributed by atoms with Crippen LogP contribution in [-0.2, 0) is 0 Å². The molecule has 0 radical (unpaired) electrons. The van der Waals surface area contributed by atoms with Gasteiger partial charge in [0.05, 0.1) is 12.3 Å². The lowest BCUT2D eigenvalue weighted by molar-refractivity contribution is 0.304. The average molecular weight is 418 g/mol. The maximum Gasteiger partial charge on any atom is 0.142 e. The number of ether oxygens (including phenoxy) is 1. The maximum absolute atomic E-state index is 13.6. The largest absolute Gasteiger partial charge is 0.494 e. The summed E-state index contributed by atoms with van der Waals surface area (Å²) in [5, 5.41) is 9.59. The van der Waals surface area contributed by atoms with Crippen molar-refractivity contribution < 1.29 is 9.13 Å². The number of nitrogen functional groups attached to an aromatic ring is 1. The zero-order chi connectivity index (χ0) is 22.1. The molecule has 31 heavy (non-hydrogen) atoms. The molecule has 0 unspecified atom stereocenters. The number of nitriles is 1. The minimum atomic E-state index is -0.351. The molecule has 5 heteroatoms. The average Bonchev–Trinajstić information content (AvgIpc) is 2.78. The lowest BCUT2D eigenvalue weighted by Crippen LogP contribution is -2.00. The van der Waals surface area contributed by atoms with Crippen molar-refractivity contribution in [1.29, 1.82) is 5.26 Å². The number of aromatic nitrogens is 1. The molecule has 0 spiro atoms. The van der Waals surface area contributed by atoms with Crippen molar-refractivity contribution in [3.8, 4) is 34.2 Å². The molecule has 4 nitrogen and oxygen atoms in total. The fourth-order valence-corrected chi connectivity index (χ4v) is 3.51. The molecule has 2 N–H and O–H groups in total. The van der Waals surface area contributed by atoms with Crippen LogP contribution in [0.2, 0.25) is 0 Å². The number of benzene rings is 2. The van der Waals surface area contributed by atoms with E-state index in [1.54, 1.807) is 18.2 Å². The fraction of sp³-hybridized carbons (Fsp3) is 0.308. The van der Waals surface area contributed by atoms with E-state index in [1.165, 1.54) is 44.2 Å². The third kappa shape index (κ3) is 6.05. The number of hydrogen-bond acceptors (Lipinski definition) is 4. The van der Waals surface area contributed by atoms with Crippen LogP contribution in [0.1, 0.15) is 51.0 Å². The van der Waals surface area contributed by atoms with E-state index in [2.05, 4.69) is 18.0 Å². The van der Waals surface area contributed by atoms with Crippen molar-refractivity contribution in [2.45, 2.75) is 45.4 Å². The molecular formula is C26H28FN3O. The van der Waals surface area contributed by atoms with Crippen LogP contribution in [0.3, 0.4) is 0 Å². The molecule has 1 heterocycles. The van der Waals surface area contributed by atoms with Gasteiger partial charge in [0.1, 0.15) is 29.0 Å². The molecule has 0 bridgehead atoms. The van der Waals surface area contributed by atoms with Crippen LogP contribution >= 0.6 is 0 Å². The summed E-state index contributed by atoms with van der Waals surface area (Å²) in [4.78, 5) is 4.30. The molecule has 0 aliphatic carbocycles. The van der Waals surface area contributed by atoms with E-state index in [0.29, 0.717) is 29.0 Å². The Labute approximate surface area is 183 Å². The van der Waals surface area contributed by atoms with Crippen molar-refractivity contribution in [2.75, 3.05) is 12.3 Å². The van der Waals surface area contributed by atoms with Crippen LogP contribution in [0.15, 0.2) is 54.6 Å². The fourth-order valence-electron chi connectivity index (χ4n) is 3.51. The van der Waals surface area contributed by atoms with Crippen LogP contribution < -0.4 is 10.5 Å². The van der Waals surface area contributed by atoms with Gasteiger partial charge in [0.25, 0.3) is 0 Å². The molecule has 0 atom stereocenters. The van der Waals surface area contributed by atoms with Crippen LogP contribution in [-0.4, -0.2) is 11.6 Å². The van der Waals surface area contributed by atoms with Crippen molar-refractivity contribution >= 4 is 5.82 Å². The second-order valence-corrected chi connectivity index (χ2v) is 7.58. The highest BCUT2D eigenvalue weighted by Crippen LogP contribution is 2.32. The molecule has 0 amide bonds. The normalized spacial score (nSPS) is 10.6. The first-order valence-corrected chi connectivity index (χ1v) is 10.8. The topological polar surface area (TPSA) is 71.9 Å². The minimum Gasteiger partial charge on any atom is -0.494 e. The lowest BCUT2D eigenvalue weighted by Gasteiger charge is -2.11. The van der Waals surface area contributed by atoms with Gasteiger partial charge in [-0.3, -0.25) is 0 Å². The van der Waals surface area contributed by atoms with Crippen LogP contribution in [0.4, 0.5) is 10.2 Å². The first-order chi connectivity index (χ1) is 15.1. The Hall–Kier alpha value is -3.39. The van der Waals surface area contributed by atoms with E-state index in [1.807, 2.05) is 24.3 Å². The van der Waals surface area contributed by atoms with E-state index in [4.69, 9.17) is 10.5 Å². The number of nitrogens with zero attached hydrogens (tertiary/aromatic N) is 2. The number of pyridine rings is 1. The summed E-state index contributed by atoms with van der Waals surface area (Å²) in [5.41, 5.74) is 8.98. The Morgan fingerprint density at radius 3 is 2.42 bits per heavy atom. The molecule has 0 aliphatic rings. The Balaban J connectivity index is 1.74. The number of anilines is 1. The van der Waals surface area contributed by atoms with Gasteiger partial charge < -0.3 is 10.5 Å². The molecular weight excluding hydrogens is 389 g/mol. The lowest BCUT2D eigenvalue weighted by atomic mass is 9.98. The molecule has 1 aromatic heterocycles.